The Hall–Kier alpha value is -1.10. The second-order valence-electron chi connectivity index (χ2n) is 5.15. The predicted octanol–water partition coefficient (Wildman–Crippen LogP) is 2.35. The topological polar surface area (TPSA) is 44.4 Å². The minimum absolute atomic E-state index is 0.0280. The lowest BCUT2D eigenvalue weighted by molar-refractivity contribution is -0.118. The molecule has 0 aliphatic carbocycles. The molecule has 0 bridgehead atoms. The smallest absolute Gasteiger partial charge is 0.241 e. The van der Waals surface area contributed by atoms with Crippen LogP contribution in [0.5, 0.6) is 0 Å². The van der Waals surface area contributed by atoms with Crippen LogP contribution in [0.25, 0.3) is 0 Å². The lowest BCUT2D eigenvalue weighted by atomic mass is 10.1. The lowest BCUT2D eigenvalue weighted by Crippen LogP contribution is -2.41. The maximum atomic E-state index is 12.2. The first-order chi connectivity index (χ1) is 9.70. The predicted molar refractivity (Wildman–Crippen MR) is 83.2 cm³/mol. The van der Waals surface area contributed by atoms with Gasteiger partial charge in [-0.1, -0.05) is 23.7 Å². The third kappa shape index (κ3) is 4.20. The highest BCUT2D eigenvalue weighted by Crippen LogP contribution is 2.20. The minimum Gasteiger partial charge on any atom is -0.323 e. The van der Waals surface area contributed by atoms with Gasteiger partial charge in [0.05, 0.1) is 16.8 Å². The van der Waals surface area contributed by atoms with Crippen molar-refractivity contribution in [1.29, 1.82) is 0 Å². The fraction of sp³-hybridized carbons (Fsp3) is 0.533. The first kappa shape index (κ1) is 15.3. The highest BCUT2D eigenvalue weighted by atomic mass is 35.5. The van der Waals surface area contributed by atoms with Gasteiger partial charge in [0.2, 0.25) is 5.91 Å². The minimum atomic E-state index is -0.188. The number of benzene rings is 1. The van der Waals surface area contributed by atoms with E-state index in [0.29, 0.717) is 10.7 Å². The molecule has 1 aromatic carbocycles. The van der Waals surface area contributed by atoms with Gasteiger partial charge >= 0.3 is 0 Å². The summed E-state index contributed by atoms with van der Waals surface area (Å²) in [5.74, 6) is -0.0280. The monoisotopic (exact) mass is 295 g/mol. The van der Waals surface area contributed by atoms with Gasteiger partial charge in [0.15, 0.2) is 0 Å². The number of carbonyl (C=O) groups excluding carboxylic acids is 1. The number of nitrogens with one attached hydrogen (secondary N) is 2. The van der Waals surface area contributed by atoms with Gasteiger partial charge < -0.3 is 15.5 Å². The van der Waals surface area contributed by atoms with Crippen molar-refractivity contribution in [1.82, 2.24) is 10.2 Å². The highest BCUT2D eigenvalue weighted by molar-refractivity contribution is 6.33. The quantitative estimate of drug-likeness (QED) is 0.847. The van der Waals surface area contributed by atoms with Gasteiger partial charge in [0.1, 0.15) is 0 Å². The van der Waals surface area contributed by atoms with Gasteiger partial charge in [-0.25, -0.2) is 0 Å². The molecule has 1 aliphatic heterocycles. The molecule has 0 spiro atoms. The van der Waals surface area contributed by atoms with Crippen molar-refractivity contribution in [3.63, 3.8) is 0 Å². The summed E-state index contributed by atoms with van der Waals surface area (Å²) in [6.07, 6.45) is 3.36. The molecule has 0 saturated carbocycles. The number of halogens is 1. The molecule has 1 heterocycles. The number of likely N-dealkylation sites (N-methyl/N-ethyl adjacent to an activating group) is 1. The molecule has 1 saturated heterocycles. The van der Waals surface area contributed by atoms with Gasteiger partial charge in [-0.3, -0.25) is 4.79 Å². The van der Waals surface area contributed by atoms with Crippen LogP contribution < -0.4 is 10.6 Å². The summed E-state index contributed by atoms with van der Waals surface area (Å²) >= 11 is 6.05. The van der Waals surface area contributed by atoms with Crippen LogP contribution in [0, 0.1) is 0 Å². The molecular formula is C15H22ClN3O. The van der Waals surface area contributed by atoms with Crippen molar-refractivity contribution in [2.45, 2.75) is 25.3 Å². The van der Waals surface area contributed by atoms with Crippen LogP contribution in [0.3, 0.4) is 0 Å². The number of carbonyl (C=O) groups is 1. The number of rotatable bonds is 6. The van der Waals surface area contributed by atoms with E-state index >= 15 is 0 Å². The average Bonchev–Trinajstić information content (AvgIpc) is 2.95. The molecule has 1 atom stereocenters. The largest absolute Gasteiger partial charge is 0.323 e. The Balaban J connectivity index is 1.86. The number of anilines is 1. The van der Waals surface area contributed by atoms with E-state index in [1.807, 2.05) is 25.2 Å². The third-order valence-electron chi connectivity index (χ3n) is 3.73. The van der Waals surface area contributed by atoms with Crippen molar-refractivity contribution in [3.05, 3.63) is 29.3 Å². The SMILES string of the molecule is CNC(CCN1CCCC1)C(=O)Nc1ccccc1Cl. The maximum Gasteiger partial charge on any atom is 0.241 e. The molecule has 20 heavy (non-hydrogen) atoms. The average molecular weight is 296 g/mol. The van der Waals surface area contributed by atoms with Crippen LogP contribution in [-0.4, -0.2) is 43.5 Å². The molecule has 5 heteroatoms. The van der Waals surface area contributed by atoms with E-state index in [1.165, 1.54) is 12.8 Å². The molecule has 0 aromatic heterocycles. The van der Waals surface area contributed by atoms with Crippen LogP contribution in [0.1, 0.15) is 19.3 Å². The fourth-order valence-electron chi connectivity index (χ4n) is 2.51. The summed E-state index contributed by atoms with van der Waals surface area (Å²) in [7, 11) is 1.82. The van der Waals surface area contributed by atoms with Crippen molar-refractivity contribution in [3.8, 4) is 0 Å². The van der Waals surface area contributed by atoms with Crippen LogP contribution >= 0.6 is 11.6 Å². The molecular weight excluding hydrogens is 274 g/mol. The highest BCUT2D eigenvalue weighted by Gasteiger charge is 2.19. The number of hydrogen-bond acceptors (Lipinski definition) is 3. The molecule has 4 nitrogen and oxygen atoms in total. The molecule has 1 unspecified atom stereocenters. The fourth-order valence-corrected chi connectivity index (χ4v) is 2.69. The van der Waals surface area contributed by atoms with Crippen LogP contribution in [0.4, 0.5) is 5.69 Å². The van der Waals surface area contributed by atoms with E-state index < -0.39 is 0 Å². The summed E-state index contributed by atoms with van der Waals surface area (Å²) < 4.78 is 0. The van der Waals surface area contributed by atoms with E-state index in [4.69, 9.17) is 11.6 Å². The number of para-hydroxylation sites is 1. The first-order valence-corrected chi connectivity index (χ1v) is 7.53. The van der Waals surface area contributed by atoms with E-state index in [0.717, 1.165) is 26.1 Å². The lowest BCUT2D eigenvalue weighted by Gasteiger charge is -2.20. The molecule has 110 valence electrons. The Kier molecular flexibility index (Phi) is 5.83. The van der Waals surface area contributed by atoms with Gasteiger partial charge in [-0.15, -0.1) is 0 Å². The van der Waals surface area contributed by atoms with Gasteiger partial charge in [-0.2, -0.15) is 0 Å². The standard InChI is InChI=1S/C15H22ClN3O/c1-17-14(8-11-19-9-4-5-10-19)15(20)18-13-7-3-2-6-12(13)16/h2-3,6-7,14,17H,4-5,8-11H2,1H3,(H,18,20). The Morgan fingerprint density at radius 2 is 2.05 bits per heavy atom. The molecule has 0 radical (unpaired) electrons. The first-order valence-electron chi connectivity index (χ1n) is 7.15. The second kappa shape index (κ2) is 7.62. The van der Waals surface area contributed by atoms with Gasteiger partial charge in [0, 0.05) is 6.54 Å². The Labute approximate surface area is 125 Å². The number of likely N-dealkylation sites (tertiary alicyclic amines) is 1. The number of hydrogen-bond donors (Lipinski definition) is 2. The Bertz CT molecular complexity index is 446. The van der Waals surface area contributed by atoms with Gasteiger partial charge in [-0.05, 0) is 51.5 Å². The van der Waals surface area contributed by atoms with Crippen LogP contribution in [0.15, 0.2) is 24.3 Å². The molecule has 2 rings (SSSR count). The van der Waals surface area contributed by atoms with Gasteiger partial charge in [0.25, 0.3) is 0 Å². The van der Waals surface area contributed by atoms with Crippen molar-refractivity contribution in [2.75, 3.05) is 32.0 Å². The Morgan fingerprint density at radius 1 is 1.35 bits per heavy atom. The zero-order chi connectivity index (χ0) is 14.4. The van der Waals surface area contributed by atoms with Crippen LogP contribution in [0.2, 0.25) is 5.02 Å². The van der Waals surface area contributed by atoms with E-state index in [9.17, 15) is 4.79 Å². The van der Waals surface area contributed by atoms with E-state index in [-0.39, 0.29) is 11.9 Å². The molecule has 1 amide bonds. The summed E-state index contributed by atoms with van der Waals surface area (Å²) in [6.45, 7) is 3.27. The number of amides is 1. The third-order valence-corrected chi connectivity index (χ3v) is 4.06. The van der Waals surface area contributed by atoms with Crippen molar-refractivity contribution < 1.29 is 4.79 Å². The summed E-state index contributed by atoms with van der Waals surface area (Å²) in [5, 5.41) is 6.53. The summed E-state index contributed by atoms with van der Waals surface area (Å²) in [4.78, 5) is 14.7. The molecule has 1 fully saturated rings. The Morgan fingerprint density at radius 3 is 2.70 bits per heavy atom. The summed E-state index contributed by atoms with van der Waals surface area (Å²) in [5.41, 5.74) is 0.667. The molecule has 1 aromatic rings. The van der Waals surface area contributed by atoms with Crippen molar-refractivity contribution in [2.24, 2.45) is 0 Å². The normalized spacial score (nSPS) is 17.1. The van der Waals surface area contributed by atoms with Crippen LogP contribution in [-0.2, 0) is 4.79 Å². The zero-order valence-electron chi connectivity index (χ0n) is 11.9. The molecule has 2 N–H and O–H groups in total. The zero-order valence-corrected chi connectivity index (χ0v) is 12.6. The van der Waals surface area contributed by atoms with Crippen molar-refractivity contribution >= 4 is 23.2 Å². The second-order valence-corrected chi connectivity index (χ2v) is 5.55. The number of nitrogens with zero attached hydrogens (tertiary/aromatic N) is 1. The van der Waals surface area contributed by atoms with E-state index in [2.05, 4.69) is 15.5 Å². The van der Waals surface area contributed by atoms with E-state index in [1.54, 1.807) is 6.07 Å². The molecule has 1 aliphatic rings. The maximum absolute atomic E-state index is 12.2. The summed E-state index contributed by atoms with van der Waals surface area (Å²) in [6, 6.07) is 7.11.